The van der Waals surface area contributed by atoms with Crippen molar-refractivity contribution in [1.82, 2.24) is 9.80 Å². The van der Waals surface area contributed by atoms with Gasteiger partial charge in [0.05, 0.1) is 5.56 Å². The van der Waals surface area contributed by atoms with E-state index in [0.717, 1.165) is 29.7 Å². The third kappa shape index (κ3) is 7.03. The molecule has 3 aromatic carbocycles. The number of nitrogens with zero attached hydrogens (tertiary/aromatic N) is 2. The van der Waals surface area contributed by atoms with Gasteiger partial charge < -0.3 is 14.5 Å². The Bertz CT molecular complexity index is 1130. The van der Waals surface area contributed by atoms with E-state index in [4.69, 9.17) is 4.74 Å². The maximum atomic E-state index is 13.0. The lowest BCUT2D eigenvalue weighted by Crippen LogP contribution is -2.35. The molecule has 0 radical (unpaired) electrons. The van der Waals surface area contributed by atoms with E-state index >= 15 is 0 Å². The normalized spacial score (nSPS) is 13.0. The smallest absolute Gasteiger partial charge is 0.338 e. The van der Waals surface area contributed by atoms with E-state index in [-0.39, 0.29) is 18.4 Å². The van der Waals surface area contributed by atoms with Gasteiger partial charge in [-0.25, -0.2) is 4.79 Å². The molecule has 3 aromatic rings. The molecule has 6 nitrogen and oxygen atoms in total. The highest BCUT2D eigenvalue weighted by Crippen LogP contribution is 2.15. The second-order valence-electron chi connectivity index (χ2n) is 8.73. The maximum Gasteiger partial charge on any atom is 0.338 e. The quantitative estimate of drug-likeness (QED) is 0.416. The van der Waals surface area contributed by atoms with Gasteiger partial charge >= 0.3 is 5.97 Å². The number of benzene rings is 3. The zero-order chi connectivity index (χ0) is 24.5. The molecule has 4 rings (SSSR count). The van der Waals surface area contributed by atoms with Gasteiger partial charge in [0.1, 0.15) is 0 Å². The standard InChI is InChI=1S/C29H30N2O4/c32-27-12-7-18-30(27)21-25-13-15-26(16-14-25)29(34)35-22-28(33)31(20-24-10-5-2-6-11-24)19-17-23-8-3-1-4-9-23/h1-6,8-11,13-16H,7,12,17-22H2. The first-order valence-corrected chi connectivity index (χ1v) is 12.0. The number of carbonyl (C=O) groups is 3. The van der Waals surface area contributed by atoms with Gasteiger partial charge in [-0.3, -0.25) is 9.59 Å². The lowest BCUT2D eigenvalue weighted by molar-refractivity contribution is -0.135. The molecule has 35 heavy (non-hydrogen) atoms. The Balaban J connectivity index is 1.33. The molecule has 1 heterocycles. The van der Waals surface area contributed by atoms with Crippen LogP contribution < -0.4 is 0 Å². The van der Waals surface area contributed by atoms with Gasteiger partial charge in [0, 0.05) is 32.6 Å². The van der Waals surface area contributed by atoms with Crippen LogP contribution in [0.5, 0.6) is 0 Å². The van der Waals surface area contributed by atoms with Gasteiger partial charge in [-0.05, 0) is 41.7 Å². The van der Waals surface area contributed by atoms with Crippen LogP contribution in [0, 0.1) is 0 Å². The van der Waals surface area contributed by atoms with Crippen molar-refractivity contribution < 1.29 is 19.1 Å². The number of amides is 2. The first kappa shape index (κ1) is 24.2. The summed E-state index contributed by atoms with van der Waals surface area (Å²) in [7, 11) is 0. The van der Waals surface area contributed by atoms with Crippen LogP contribution in [0.15, 0.2) is 84.9 Å². The summed E-state index contributed by atoms with van der Waals surface area (Å²) in [5, 5.41) is 0. The zero-order valence-electron chi connectivity index (χ0n) is 19.8. The van der Waals surface area contributed by atoms with E-state index < -0.39 is 5.97 Å². The second kappa shape index (κ2) is 12.0. The summed E-state index contributed by atoms with van der Waals surface area (Å²) in [5.74, 6) is -0.605. The van der Waals surface area contributed by atoms with Crippen molar-refractivity contribution in [2.45, 2.75) is 32.4 Å². The number of ether oxygens (including phenoxy) is 1. The Kier molecular flexibility index (Phi) is 8.28. The van der Waals surface area contributed by atoms with Crippen LogP contribution >= 0.6 is 0 Å². The maximum absolute atomic E-state index is 13.0. The molecule has 0 unspecified atom stereocenters. The third-order valence-corrected chi connectivity index (χ3v) is 6.14. The minimum Gasteiger partial charge on any atom is -0.452 e. The molecule has 2 amide bonds. The summed E-state index contributed by atoms with van der Waals surface area (Å²) in [6, 6.07) is 26.8. The molecule has 1 aliphatic rings. The Morgan fingerprint density at radius 3 is 2.11 bits per heavy atom. The molecular weight excluding hydrogens is 440 g/mol. The molecule has 0 saturated carbocycles. The predicted molar refractivity (Wildman–Crippen MR) is 133 cm³/mol. The summed E-state index contributed by atoms with van der Waals surface area (Å²) in [6.07, 6.45) is 2.21. The largest absolute Gasteiger partial charge is 0.452 e. The van der Waals surface area contributed by atoms with E-state index in [0.29, 0.717) is 38.0 Å². The zero-order valence-corrected chi connectivity index (χ0v) is 19.8. The Morgan fingerprint density at radius 2 is 1.49 bits per heavy atom. The third-order valence-electron chi connectivity index (χ3n) is 6.14. The summed E-state index contributed by atoms with van der Waals surface area (Å²) in [5.41, 5.74) is 3.51. The summed E-state index contributed by atoms with van der Waals surface area (Å²) >= 11 is 0. The first-order chi connectivity index (χ1) is 17.1. The molecule has 1 aliphatic heterocycles. The molecule has 0 aliphatic carbocycles. The van der Waals surface area contributed by atoms with Gasteiger partial charge in [-0.1, -0.05) is 72.8 Å². The highest BCUT2D eigenvalue weighted by atomic mass is 16.5. The van der Waals surface area contributed by atoms with Crippen LogP contribution in [-0.4, -0.2) is 47.3 Å². The highest BCUT2D eigenvalue weighted by molar-refractivity contribution is 5.91. The average molecular weight is 471 g/mol. The molecule has 1 saturated heterocycles. The lowest BCUT2D eigenvalue weighted by Gasteiger charge is -2.23. The molecule has 0 spiro atoms. The minimum atomic E-state index is -0.537. The molecule has 0 N–H and O–H groups in total. The predicted octanol–water partition coefficient (Wildman–Crippen LogP) is 4.24. The van der Waals surface area contributed by atoms with Gasteiger partial charge in [0.25, 0.3) is 5.91 Å². The van der Waals surface area contributed by atoms with E-state index in [1.165, 1.54) is 0 Å². The number of hydrogen-bond donors (Lipinski definition) is 0. The minimum absolute atomic E-state index is 0.166. The fourth-order valence-corrected chi connectivity index (χ4v) is 4.14. The van der Waals surface area contributed by atoms with Crippen LogP contribution in [0.2, 0.25) is 0 Å². The fourth-order valence-electron chi connectivity index (χ4n) is 4.14. The van der Waals surface area contributed by atoms with E-state index in [2.05, 4.69) is 0 Å². The Hall–Kier alpha value is -3.93. The van der Waals surface area contributed by atoms with Crippen LogP contribution in [0.1, 0.15) is 39.9 Å². The van der Waals surface area contributed by atoms with Gasteiger partial charge in [0.15, 0.2) is 6.61 Å². The SMILES string of the molecule is O=C(OCC(=O)N(CCc1ccccc1)Cc1ccccc1)c1ccc(CN2CCCC2=O)cc1. The van der Waals surface area contributed by atoms with Crippen molar-refractivity contribution in [2.24, 2.45) is 0 Å². The van der Waals surface area contributed by atoms with Crippen molar-refractivity contribution in [3.05, 3.63) is 107 Å². The van der Waals surface area contributed by atoms with Crippen molar-refractivity contribution in [2.75, 3.05) is 19.7 Å². The number of esters is 1. The molecule has 0 bridgehead atoms. The molecule has 1 fully saturated rings. The number of likely N-dealkylation sites (tertiary alicyclic amines) is 1. The molecular formula is C29H30N2O4. The van der Waals surface area contributed by atoms with Gasteiger partial charge in [0.2, 0.25) is 5.91 Å². The van der Waals surface area contributed by atoms with Crippen LogP contribution in [0.3, 0.4) is 0 Å². The van der Waals surface area contributed by atoms with E-state index in [1.54, 1.807) is 17.0 Å². The molecule has 0 atom stereocenters. The van der Waals surface area contributed by atoms with Crippen molar-refractivity contribution in [1.29, 1.82) is 0 Å². The highest BCUT2D eigenvalue weighted by Gasteiger charge is 2.20. The second-order valence-corrected chi connectivity index (χ2v) is 8.73. The molecule has 6 heteroatoms. The number of hydrogen-bond acceptors (Lipinski definition) is 4. The summed E-state index contributed by atoms with van der Waals surface area (Å²) in [4.78, 5) is 40.9. The topological polar surface area (TPSA) is 66.9 Å². The monoisotopic (exact) mass is 470 g/mol. The first-order valence-electron chi connectivity index (χ1n) is 12.0. The van der Waals surface area contributed by atoms with Crippen molar-refractivity contribution >= 4 is 17.8 Å². The fraction of sp³-hybridized carbons (Fsp3) is 0.276. The Morgan fingerprint density at radius 1 is 0.829 bits per heavy atom. The van der Waals surface area contributed by atoms with E-state index in [1.807, 2.05) is 77.7 Å². The van der Waals surface area contributed by atoms with Crippen LogP contribution in [-0.2, 0) is 33.8 Å². The summed E-state index contributed by atoms with van der Waals surface area (Å²) in [6.45, 7) is 1.98. The van der Waals surface area contributed by atoms with Crippen LogP contribution in [0.4, 0.5) is 0 Å². The number of carbonyl (C=O) groups excluding carboxylic acids is 3. The number of rotatable bonds is 10. The summed E-state index contributed by atoms with van der Waals surface area (Å²) < 4.78 is 5.36. The van der Waals surface area contributed by atoms with Gasteiger partial charge in [-0.2, -0.15) is 0 Å². The van der Waals surface area contributed by atoms with Crippen molar-refractivity contribution in [3.63, 3.8) is 0 Å². The average Bonchev–Trinajstić information content (AvgIpc) is 3.30. The lowest BCUT2D eigenvalue weighted by atomic mass is 10.1. The van der Waals surface area contributed by atoms with E-state index in [9.17, 15) is 14.4 Å². The molecule has 0 aromatic heterocycles. The van der Waals surface area contributed by atoms with Crippen LogP contribution in [0.25, 0.3) is 0 Å². The van der Waals surface area contributed by atoms with Crippen molar-refractivity contribution in [3.8, 4) is 0 Å². The molecule has 180 valence electrons. The van der Waals surface area contributed by atoms with Gasteiger partial charge in [-0.15, -0.1) is 0 Å². The Labute approximate surface area is 206 Å².